The van der Waals surface area contributed by atoms with Crippen LogP contribution >= 0.6 is 11.8 Å². The van der Waals surface area contributed by atoms with Gasteiger partial charge in [0.25, 0.3) is 11.8 Å². The summed E-state index contributed by atoms with van der Waals surface area (Å²) in [6, 6.07) is 23.9. The van der Waals surface area contributed by atoms with E-state index in [1.807, 2.05) is 70.5 Å². The number of aryl methyl sites for hydroxylation is 1. The summed E-state index contributed by atoms with van der Waals surface area (Å²) < 4.78 is 0. The number of para-hydroxylation sites is 1. The van der Waals surface area contributed by atoms with Gasteiger partial charge in [0, 0.05) is 23.5 Å². The minimum Gasteiger partial charge on any atom is -0.338 e. The fourth-order valence-corrected chi connectivity index (χ4v) is 6.32. The Morgan fingerprint density at radius 3 is 2.33 bits per heavy atom. The third-order valence-corrected chi connectivity index (χ3v) is 8.11. The lowest BCUT2D eigenvalue weighted by Crippen LogP contribution is -2.42. The maximum atomic E-state index is 13.6. The van der Waals surface area contributed by atoms with Crippen LogP contribution in [0.3, 0.4) is 0 Å². The Hall–Kier alpha value is -3.31. The Kier molecular flexibility index (Phi) is 7.01. The van der Waals surface area contributed by atoms with E-state index < -0.39 is 0 Å². The van der Waals surface area contributed by atoms with Crippen LogP contribution in [0.15, 0.2) is 82.6 Å². The van der Waals surface area contributed by atoms with Gasteiger partial charge in [-0.2, -0.15) is 0 Å². The molecule has 1 saturated heterocycles. The molecule has 0 saturated carbocycles. The summed E-state index contributed by atoms with van der Waals surface area (Å²) in [5.74, 6) is 1.15. The highest BCUT2D eigenvalue weighted by Gasteiger charge is 2.30. The van der Waals surface area contributed by atoms with Crippen molar-refractivity contribution in [3.8, 4) is 0 Å². The van der Waals surface area contributed by atoms with Crippen molar-refractivity contribution < 1.29 is 9.59 Å². The number of piperidine rings is 1. The second-order valence-corrected chi connectivity index (χ2v) is 11.3. The number of hydrogen-bond donors (Lipinski definition) is 0. The van der Waals surface area contributed by atoms with Crippen LogP contribution in [0.25, 0.3) is 6.08 Å². The number of carbonyl (C=O) groups is 2. The standard InChI is InChI=1S/C31H32N2O2S/c1-21-16-22(2)19-32(18-21)30(34)25-14-12-24(13-15-25)17-29-31(35)33(20-26-9-5-4-8-23(26)3)27-10-6-7-11-28(27)36-29/h4-15,17,21-22H,16,18-20H2,1-3H3/b29-17+/t21-,22-/m1/s1. The van der Waals surface area contributed by atoms with E-state index in [-0.39, 0.29) is 11.8 Å². The number of carbonyl (C=O) groups excluding carboxylic acids is 2. The number of thioether (sulfide) groups is 1. The third-order valence-electron chi connectivity index (χ3n) is 7.03. The fraction of sp³-hybridized carbons (Fsp3) is 0.290. The molecular weight excluding hydrogens is 464 g/mol. The molecule has 184 valence electrons. The first kappa shape index (κ1) is 24.4. The maximum absolute atomic E-state index is 13.6. The van der Waals surface area contributed by atoms with Gasteiger partial charge in [-0.1, -0.05) is 74.1 Å². The molecule has 0 radical (unpaired) electrons. The molecule has 3 aromatic rings. The number of nitrogens with zero attached hydrogens (tertiary/aromatic N) is 2. The lowest BCUT2D eigenvalue weighted by Gasteiger charge is -2.35. The smallest absolute Gasteiger partial charge is 0.265 e. The van der Waals surface area contributed by atoms with Crippen molar-refractivity contribution in [2.75, 3.05) is 18.0 Å². The van der Waals surface area contributed by atoms with Crippen LogP contribution in [0, 0.1) is 18.8 Å². The average molecular weight is 497 g/mol. The van der Waals surface area contributed by atoms with Gasteiger partial charge >= 0.3 is 0 Å². The van der Waals surface area contributed by atoms with Gasteiger partial charge < -0.3 is 9.80 Å². The summed E-state index contributed by atoms with van der Waals surface area (Å²) in [5.41, 5.74) is 4.87. The molecule has 0 N–H and O–H groups in total. The van der Waals surface area contributed by atoms with E-state index in [4.69, 9.17) is 0 Å². The maximum Gasteiger partial charge on any atom is 0.265 e. The quantitative estimate of drug-likeness (QED) is 0.373. The van der Waals surface area contributed by atoms with Crippen molar-refractivity contribution in [1.29, 1.82) is 0 Å². The molecule has 2 aliphatic rings. The second kappa shape index (κ2) is 10.4. The van der Waals surface area contributed by atoms with Gasteiger partial charge in [-0.15, -0.1) is 0 Å². The Morgan fingerprint density at radius 2 is 1.61 bits per heavy atom. The molecule has 4 nitrogen and oxygen atoms in total. The lowest BCUT2D eigenvalue weighted by molar-refractivity contribution is -0.114. The van der Waals surface area contributed by atoms with E-state index >= 15 is 0 Å². The largest absolute Gasteiger partial charge is 0.338 e. The molecule has 2 heterocycles. The van der Waals surface area contributed by atoms with Crippen molar-refractivity contribution in [2.45, 2.75) is 38.6 Å². The van der Waals surface area contributed by atoms with Gasteiger partial charge in [-0.05, 0) is 72.2 Å². The summed E-state index contributed by atoms with van der Waals surface area (Å²) in [6.45, 7) is 8.66. The van der Waals surface area contributed by atoms with Crippen LogP contribution in [-0.2, 0) is 11.3 Å². The van der Waals surface area contributed by atoms with Gasteiger partial charge in [0.1, 0.15) is 0 Å². The monoisotopic (exact) mass is 496 g/mol. The normalized spacial score (nSPS) is 21.0. The molecule has 2 amide bonds. The molecule has 2 atom stereocenters. The number of benzene rings is 3. The minimum atomic E-state index is -0.00148. The van der Waals surface area contributed by atoms with Crippen LogP contribution in [0.2, 0.25) is 0 Å². The van der Waals surface area contributed by atoms with Gasteiger partial charge in [-0.3, -0.25) is 9.59 Å². The first-order valence-electron chi connectivity index (χ1n) is 12.6. The number of rotatable bonds is 4. The summed E-state index contributed by atoms with van der Waals surface area (Å²) in [5, 5.41) is 0. The molecule has 1 fully saturated rings. The van der Waals surface area contributed by atoms with Crippen molar-refractivity contribution in [3.05, 3.63) is 100.0 Å². The number of anilines is 1. The average Bonchev–Trinajstić information content (AvgIpc) is 2.87. The predicted octanol–water partition coefficient (Wildman–Crippen LogP) is 6.79. The van der Waals surface area contributed by atoms with Crippen LogP contribution in [0.1, 0.15) is 47.3 Å². The zero-order valence-electron chi connectivity index (χ0n) is 21.1. The van der Waals surface area contributed by atoms with Crippen molar-refractivity contribution in [2.24, 2.45) is 11.8 Å². The molecule has 5 rings (SSSR count). The van der Waals surface area contributed by atoms with Crippen LogP contribution in [-0.4, -0.2) is 29.8 Å². The van der Waals surface area contributed by atoms with Gasteiger partial charge in [0.05, 0.1) is 17.1 Å². The molecule has 3 aromatic carbocycles. The lowest BCUT2D eigenvalue weighted by atomic mass is 9.91. The van der Waals surface area contributed by atoms with Gasteiger partial charge in [-0.25, -0.2) is 0 Å². The number of fused-ring (bicyclic) bond motifs is 1. The summed E-state index contributed by atoms with van der Waals surface area (Å²) in [4.78, 5) is 32.3. The van der Waals surface area contributed by atoms with E-state index in [1.54, 1.807) is 0 Å². The van der Waals surface area contributed by atoms with E-state index in [0.29, 0.717) is 28.8 Å². The molecule has 0 aliphatic carbocycles. The van der Waals surface area contributed by atoms with E-state index in [2.05, 4.69) is 39.0 Å². The molecule has 36 heavy (non-hydrogen) atoms. The van der Waals surface area contributed by atoms with Crippen molar-refractivity contribution >= 4 is 35.3 Å². The third kappa shape index (κ3) is 5.12. The summed E-state index contributed by atoms with van der Waals surface area (Å²) in [7, 11) is 0. The molecule has 0 unspecified atom stereocenters. The Morgan fingerprint density at radius 1 is 0.944 bits per heavy atom. The molecule has 5 heteroatoms. The van der Waals surface area contributed by atoms with Crippen LogP contribution < -0.4 is 4.90 Å². The number of hydrogen-bond acceptors (Lipinski definition) is 3. The highest BCUT2D eigenvalue weighted by Crippen LogP contribution is 2.42. The Labute approximate surface area is 218 Å². The zero-order valence-corrected chi connectivity index (χ0v) is 21.9. The fourth-order valence-electron chi connectivity index (χ4n) is 5.26. The van der Waals surface area contributed by atoms with E-state index in [0.717, 1.165) is 34.8 Å². The van der Waals surface area contributed by atoms with Gasteiger partial charge in [0.2, 0.25) is 0 Å². The number of amides is 2. The van der Waals surface area contributed by atoms with Crippen LogP contribution in [0.4, 0.5) is 5.69 Å². The summed E-state index contributed by atoms with van der Waals surface area (Å²) in [6.07, 6.45) is 3.11. The topological polar surface area (TPSA) is 40.6 Å². The number of likely N-dealkylation sites (tertiary alicyclic amines) is 1. The molecule has 2 aliphatic heterocycles. The van der Waals surface area contributed by atoms with Crippen LogP contribution in [0.5, 0.6) is 0 Å². The molecule has 0 aromatic heterocycles. The minimum absolute atomic E-state index is 0.00148. The SMILES string of the molecule is Cc1ccccc1CN1C(=O)/C(=C\c2ccc(C(=O)N3C[C@H](C)C[C@@H](C)C3)cc2)Sc2ccccc21. The van der Waals surface area contributed by atoms with E-state index in [1.165, 1.54) is 23.7 Å². The van der Waals surface area contributed by atoms with Gasteiger partial charge in [0.15, 0.2) is 0 Å². The van der Waals surface area contributed by atoms with E-state index in [9.17, 15) is 9.59 Å². The highest BCUT2D eigenvalue weighted by atomic mass is 32.2. The molecular formula is C31H32N2O2S. The Balaban J connectivity index is 1.39. The first-order valence-corrected chi connectivity index (χ1v) is 13.4. The Bertz CT molecular complexity index is 1300. The van der Waals surface area contributed by atoms with Crippen molar-refractivity contribution in [1.82, 2.24) is 4.90 Å². The first-order chi connectivity index (χ1) is 17.4. The second-order valence-electron chi connectivity index (χ2n) is 10.2. The predicted molar refractivity (Wildman–Crippen MR) is 148 cm³/mol. The molecule has 0 bridgehead atoms. The molecule has 0 spiro atoms. The van der Waals surface area contributed by atoms with Crippen molar-refractivity contribution in [3.63, 3.8) is 0 Å². The highest BCUT2D eigenvalue weighted by molar-refractivity contribution is 8.04. The zero-order chi connectivity index (χ0) is 25.2. The summed E-state index contributed by atoms with van der Waals surface area (Å²) >= 11 is 1.51.